The van der Waals surface area contributed by atoms with Gasteiger partial charge in [0.05, 0.1) is 13.3 Å². The van der Waals surface area contributed by atoms with Crippen LogP contribution in [0.25, 0.3) is 0 Å². The highest BCUT2D eigenvalue weighted by Crippen LogP contribution is 2.28. The molecule has 148 valence electrons. The zero-order valence-corrected chi connectivity index (χ0v) is 15.6. The largest absolute Gasteiger partial charge is 0.508 e. The SMILES string of the molecule is COc1cc(/C=N\NC(=O)c2cccc(O)c2)ccc1OCc1ccc(F)cc1. The number of phenols is 1. The number of rotatable bonds is 7. The van der Waals surface area contributed by atoms with E-state index in [0.717, 1.165) is 5.56 Å². The quantitative estimate of drug-likeness (QED) is 0.471. The number of aromatic hydroxyl groups is 1. The summed E-state index contributed by atoms with van der Waals surface area (Å²) in [6.07, 6.45) is 1.47. The number of nitrogens with zero attached hydrogens (tertiary/aromatic N) is 1. The van der Waals surface area contributed by atoms with Gasteiger partial charge in [-0.05, 0) is 59.7 Å². The molecule has 0 fully saturated rings. The summed E-state index contributed by atoms with van der Waals surface area (Å²) in [5, 5.41) is 13.3. The molecule has 0 radical (unpaired) electrons. The highest BCUT2D eigenvalue weighted by atomic mass is 19.1. The Bertz CT molecular complexity index is 1020. The van der Waals surface area contributed by atoms with E-state index in [1.54, 1.807) is 42.5 Å². The molecule has 0 saturated carbocycles. The molecule has 0 atom stereocenters. The first kappa shape index (κ1) is 19.9. The van der Waals surface area contributed by atoms with Crippen LogP contribution in [0.15, 0.2) is 71.8 Å². The molecule has 3 aromatic carbocycles. The zero-order valence-electron chi connectivity index (χ0n) is 15.6. The van der Waals surface area contributed by atoms with E-state index in [9.17, 15) is 14.3 Å². The number of methoxy groups -OCH3 is 1. The second-order valence-corrected chi connectivity index (χ2v) is 6.07. The Hall–Kier alpha value is -3.87. The number of carbonyl (C=O) groups is 1. The molecule has 3 aromatic rings. The van der Waals surface area contributed by atoms with Gasteiger partial charge in [0.1, 0.15) is 18.2 Å². The minimum atomic E-state index is -0.441. The summed E-state index contributed by atoms with van der Waals surface area (Å²) in [6.45, 7) is 0.268. The average Bonchev–Trinajstić information content (AvgIpc) is 2.73. The highest BCUT2D eigenvalue weighted by Gasteiger charge is 2.07. The third-order valence-electron chi connectivity index (χ3n) is 3.98. The standard InChI is InChI=1S/C22H19FN2O4/c1-28-21-11-16(13-24-25-22(27)17-3-2-4-19(26)12-17)7-10-20(21)29-14-15-5-8-18(23)9-6-15/h2-13,26H,14H2,1H3,(H,25,27)/b24-13-. The van der Waals surface area contributed by atoms with E-state index in [1.165, 1.54) is 37.6 Å². The lowest BCUT2D eigenvalue weighted by Crippen LogP contribution is -2.17. The van der Waals surface area contributed by atoms with Gasteiger partial charge in [0.15, 0.2) is 11.5 Å². The Kier molecular flexibility index (Phi) is 6.42. The molecule has 7 heteroatoms. The molecular formula is C22H19FN2O4. The molecule has 0 spiro atoms. The van der Waals surface area contributed by atoms with Crippen molar-refractivity contribution in [2.45, 2.75) is 6.61 Å². The summed E-state index contributed by atoms with van der Waals surface area (Å²) in [5.41, 5.74) is 4.21. The van der Waals surface area contributed by atoms with Gasteiger partial charge in [-0.3, -0.25) is 4.79 Å². The predicted octanol–water partition coefficient (Wildman–Crippen LogP) is 3.88. The number of amides is 1. The molecule has 0 aliphatic carbocycles. The van der Waals surface area contributed by atoms with E-state index in [4.69, 9.17) is 9.47 Å². The summed E-state index contributed by atoms with van der Waals surface area (Å²) >= 11 is 0. The van der Waals surface area contributed by atoms with Gasteiger partial charge < -0.3 is 14.6 Å². The van der Waals surface area contributed by atoms with Gasteiger partial charge in [-0.1, -0.05) is 18.2 Å². The third kappa shape index (κ3) is 5.55. The number of hydrogen-bond acceptors (Lipinski definition) is 5. The van der Waals surface area contributed by atoms with Gasteiger partial charge >= 0.3 is 0 Å². The van der Waals surface area contributed by atoms with Gasteiger partial charge in [-0.2, -0.15) is 5.10 Å². The zero-order chi connectivity index (χ0) is 20.6. The molecule has 2 N–H and O–H groups in total. The molecule has 0 aromatic heterocycles. The number of carbonyl (C=O) groups excluding carboxylic acids is 1. The molecule has 0 bridgehead atoms. The molecule has 0 aliphatic heterocycles. The van der Waals surface area contributed by atoms with E-state index in [-0.39, 0.29) is 18.2 Å². The average molecular weight is 394 g/mol. The monoisotopic (exact) mass is 394 g/mol. The topological polar surface area (TPSA) is 80.2 Å². The maximum atomic E-state index is 13.0. The molecule has 1 amide bonds. The van der Waals surface area contributed by atoms with Gasteiger partial charge in [0, 0.05) is 5.56 Å². The van der Waals surface area contributed by atoms with E-state index in [2.05, 4.69) is 10.5 Å². The van der Waals surface area contributed by atoms with Crippen molar-refractivity contribution in [2.75, 3.05) is 7.11 Å². The van der Waals surface area contributed by atoms with Crippen molar-refractivity contribution in [2.24, 2.45) is 5.10 Å². The summed E-state index contributed by atoms with van der Waals surface area (Å²) in [6, 6.07) is 17.2. The molecule has 0 heterocycles. The van der Waals surface area contributed by atoms with Crippen LogP contribution in [-0.4, -0.2) is 24.3 Å². The summed E-state index contributed by atoms with van der Waals surface area (Å²) in [4.78, 5) is 12.0. The first-order valence-electron chi connectivity index (χ1n) is 8.73. The summed E-state index contributed by atoms with van der Waals surface area (Å²) in [5.74, 6) is 0.283. The molecule has 0 unspecified atom stereocenters. The summed E-state index contributed by atoms with van der Waals surface area (Å²) < 4.78 is 24.0. The van der Waals surface area contributed by atoms with Crippen LogP contribution in [0.2, 0.25) is 0 Å². The van der Waals surface area contributed by atoms with Crippen LogP contribution in [0.5, 0.6) is 17.2 Å². The first-order chi connectivity index (χ1) is 14.0. The molecule has 0 saturated heterocycles. The van der Waals surface area contributed by atoms with Crippen molar-refractivity contribution < 1.29 is 23.8 Å². The summed E-state index contributed by atoms with van der Waals surface area (Å²) in [7, 11) is 1.52. The lowest BCUT2D eigenvalue weighted by Gasteiger charge is -2.11. The molecule has 0 aliphatic rings. The van der Waals surface area contributed by atoms with E-state index < -0.39 is 5.91 Å². The van der Waals surface area contributed by atoms with Crippen molar-refractivity contribution in [1.29, 1.82) is 0 Å². The van der Waals surface area contributed by atoms with Crippen LogP contribution in [-0.2, 0) is 6.61 Å². The maximum absolute atomic E-state index is 13.0. The Balaban J connectivity index is 1.62. The maximum Gasteiger partial charge on any atom is 0.271 e. The van der Waals surface area contributed by atoms with Crippen LogP contribution >= 0.6 is 0 Å². The lowest BCUT2D eigenvalue weighted by atomic mass is 10.2. The lowest BCUT2D eigenvalue weighted by molar-refractivity contribution is 0.0954. The van der Waals surface area contributed by atoms with Crippen molar-refractivity contribution in [3.05, 3.63) is 89.2 Å². The van der Waals surface area contributed by atoms with Crippen molar-refractivity contribution in [3.63, 3.8) is 0 Å². The minimum absolute atomic E-state index is 0.00240. The van der Waals surface area contributed by atoms with Gasteiger partial charge in [-0.25, -0.2) is 9.82 Å². The van der Waals surface area contributed by atoms with E-state index in [0.29, 0.717) is 22.6 Å². The van der Waals surface area contributed by atoms with Crippen LogP contribution in [0.4, 0.5) is 4.39 Å². The van der Waals surface area contributed by atoms with Crippen LogP contribution in [0.1, 0.15) is 21.5 Å². The fraction of sp³-hybridized carbons (Fsp3) is 0.0909. The van der Waals surface area contributed by atoms with E-state index >= 15 is 0 Å². The van der Waals surface area contributed by atoms with Crippen molar-refractivity contribution in [3.8, 4) is 17.2 Å². The highest BCUT2D eigenvalue weighted by molar-refractivity contribution is 5.95. The number of hydrazone groups is 1. The smallest absolute Gasteiger partial charge is 0.271 e. The van der Waals surface area contributed by atoms with Crippen LogP contribution in [0, 0.1) is 5.82 Å². The van der Waals surface area contributed by atoms with Crippen LogP contribution in [0.3, 0.4) is 0 Å². The molecular weight excluding hydrogens is 375 g/mol. The molecule has 29 heavy (non-hydrogen) atoms. The number of halogens is 1. The number of hydrogen-bond donors (Lipinski definition) is 2. The van der Waals surface area contributed by atoms with Gasteiger partial charge in [-0.15, -0.1) is 0 Å². The van der Waals surface area contributed by atoms with Crippen LogP contribution < -0.4 is 14.9 Å². The fourth-order valence-corrected chi connectivity index (χ4v) is 2.50. The van der Waals surface area contributed by atoms with Gasteiger partial charge in [0.25, 0.3) is 5.91 Å². The van der Waals surface area contributed by atoms with Crippen molar-refractivity contribution >= 4 is 12.1 Å². The number of benzene rings is 3. The Morgan fingerprint density at radius 1 is 1.10 bits per heavy atom. The molecule has 3 rings (SSSR count). The third-order valence-corrected chi connectivity index (χ3v) is 3.98. The Morgan fingerprint density at radius 3 is 2.62 bits per heavy atom. The normalized spacial score (nSPS) is 10.7. The second kappa shape index (κ2) is 9.36. The van der Waals surface area contributed by atoms with E-state index in [1.807, 2.05) is 0 Å². The van der Waals surface area contributed by atoms with Gasteiger partial charge in [0.2, 0.25) is 0 Å². The number of ether oxygens (including phenoxy) is 2. The Labute approximate surface area is 167 Å². The number of phenolic OH excluding ortho intramolecular Hbond substituents is 1. The fourth-order valence-electron chi connectivity index (χ4n) is 2.50. The Morgan fingerprint density at radius 2 is 1.90 bits per heavy atom. The predicted molar refractivity (Wildman–Crippen MR) is 107 cm³/mol. The minimum Gasteiger partial charge on any atom is -0.508 e. The number of nitrogens with one attached hydrogen (secondary N) is 1. The first-order valence-corrected chi connectivity index (χ1v) is 8.73. The van der Waals surface area contributed by atoms with Crippen molar-refractivity contribution in [1.82, 2.24) is 5.43 Å². The second-order valence-electron chi connectivity index (χ2n) is 6.07. The molecule has 6 nitrogen and oxygen atoms in total.